The van der Waals surface area contributed by atoms with Gasteiger partial charge in [0.25, 0.3) is 0 Å². The van der Waals surface area contributed by atoms with E-state index >= 15 is 0 Å². The smallest absolute Gasteiger partial charge is 0.146 e. The van der Waals surface area contributed by atoms with Crippen molar-refractivity contribution in [2.75, 3.05) is 13.1 Å². The quantitative estimate of drug-likeness (QED) is 0.429. The summed E-state index contributed by atoms with van der Waals surface area (Å²) in [6.07, 6.45) is 1.76. The first kappa shape index (κ1) is 5.28. The maximum atomic E-state index is 5.19. The summed E-state index contributed by atoms with van der Waals surface area (Å²) in [6.45, 7) is 2.22. The second kappa shape index (κ2) is 2.45. The molecule has 42 valence electrons. The Balaban J connectivity index is 2.14. The predicted octanol–water partition coefficient (Wildman–Crippen LogP) is -1.35. The SMILES string of the molecule is [SiH3]O[C@H]1CCNC1. The Hall–Kier alpha value is 0.137. The molecule has 0 aliphatic carbocycles. The van der Waals surface area contributed by atoms with Crippen molar-refractivity contribution in [2.24, 2.45) is 0 Å². The molecule has 1 saturated heterocycles. The molecule has 7 heavy (non-hydrogen) atoms. The van der Waals surface area contributed by atoms with Crippen LogP contribution < -0.4 is 5.32 Å². The number of rotatable bonds is 1. The van der Waals surface area contributed by atoms with Gasteiger partial charge in [0, 0.05) is 6.54 Å². The van der Waals surface area contributed by atoms with E-state index in [1.54, 1.807) is 0 Å². The molecule has 0 aromatic rings. The van der Waals surface area contributed by atoms with Gasteiger partial charge in [-0.2, -0.15) is 0 Å². The van der Waals surface area contributed by atoms with Crippen LogP contribution in [0.2, 0.25) is 0 Å². The minimum atomic E-state index is 0.548. The number of hydrogen-bond acceptors (Lipinski definition) is 2. The van der Waals surface area contributed by atoms with E-state index in [-0.39, 0.29) is 0 Å². The van der Waals surface area contributed by atoms with E-state index in [0.717, 1.165) is 23.6 Å². The summed E-state index contributed by atoms with van der Waals surface area (Å²) < 4.78 is 5.19. The Kier molecular flexibility index (Phi) is 1.84. The molecule has 1 atom stereocenters. The van der Waals surface area contributed by atoms with Crippen molar-refractivity contribution < 1.29 is 4.43 Å². The largest absolute Gasteiger partial charge is 0.424 e. The highest BCUT2D eigenvalue weighted by atomic mass is 28.2. The van der Waals surface area contributed by atoms with Crippen LogP contribution in [0.3, 0.4) is 0 Å². The Labute approximate surface area is 46.8 Å². The van der Waals surface area contributed by atoms with Gasteiger partial charge in [0.1, 0.15) is 10.5 Å². The molecule has 1 rings (SSSR count). The van der Waals surface area contributed by atoms with Crippen molar-refractivity contribution in [3.63, 3.8) is 0 Å². The van der Waals surface area contributed by atoms with E-state index < -0.39 is 0 Å². The summed E-state index contributed by atoms with van der Waals surface area (Å²) >= 11 is 0. The van der Waals surface area contributed by atoms with Gasteiger partial charge in [0.15, 0.2) is 0 Å². The summed E-state index contributed by atoms with van der Waals surface area (Å²) in [5.74, 6) is 0. The van der Waals surface area contributed by atoms with E-state index in [1.165, 1.54) is 6.42 Å². The fourth-order valence-electron chi connectivity index (χ4n) is 0.829. The molecular weight excluding hydrogens is 106 g/mol. The molecule has 0 aromatic carbocycles. The summed E-state index contributed by atoms with van der Waals surface area (Å²) in [6, 6.07) is 0. The number of hydrogen-bond donors (Lipinski definition) is 1. The van der Waals surface area contributed by atoms with Gasteiger partial charge >= 0.3 is 0 Å². The maximum Gasteiger partial charge on any atom is 0.146 e. The van der Waals surface area contributed by atoms with Gasteiger partial charge in [0.2, 0.25) is 0 Å². The second-order valence-corrected chi connectivity index (χ2v) is 2.32. The topological polar surface area (TPSA) is 21.3 Å². The lowest BCUT2D eigenvalue weighted by molar-refractivity contribution is 0.245. The molecule has 0 unspecified atom stereocenters. The van der Waals surface area contributed by atoms with Crippen LogP contribution in [0.5, 0.6) is 0 Å². The van der Waals surface area contributed by atoms with Gasteiger partial charge in [-0.05, 0) is 13.0 Å². The minimum Gasteiger partial charge on any atom is -0.424 e. The third-order valence-corrected chi connectivity index (χ3v) is 2.02. The normalized spacial score (nSPS) is 31.7. The van der Waals surface area contributed by atoms with Crippen LogP contribution in [0.15, 0.2) is 0 Å². The average Bonchev–Trinajstić information content (AvgIpc) is 2.14. The monoisotopic (exact) mass is 117 g/mol. The summed E-state index contributed by atoms with van der Waals surface area (Å²) in [5.41, 5.74) is 0. The van der Waals surface area contributed by atoms with Gasteiger partial charge in [-0.15, -0.1) is 0 Å². The first-order valence-corrected chi connectivity index (χ1v) is 3.48. The molecule has 0 aromatic heterocycles. The van der Waals surface area contributed by atoms with E-state index in [0.29, 0.717) is 6.10 Å². The molecule has 0 saturated carbocycles. The average molecular weight is 117 g/mol. The van der Waals surface area contributed by atoms with E-state index in [4.69, 9.17) is 4.43 Å². The molecule has 3 heteroatoms. The zero-order valence-corrected chi connectivity index (χ0v) is 6.61. The van der Waals surface area contributed by atoms with Gasteiger partial charge in [-0.1, -0.05) is 0 Å². The first-order valence-electron chi connectivity index (χ1n) is 2.67. The summed E-state index contributed by atoms with van der Waals surface area (Å²) in [5, 5.41) is 3.22. The van der Waals surface area contributed by atoms with Crippen LogP contribution in [0, 0.1) is 0 Å². The third-order valence-electron chi connectivity index (χ3n) is 1.35. The zero-order valence-electron chi connectivity index (χ0n) is 4.61. The Morgan fingerprint density at radius 1 is 1.71 bits per heavy atom. The molecule has 0 radical (unpaired) electrons. The lowest BCUT2D eigenvalue weighted by Crippen LogP contribution is -2.14. The van der Waals surface area contributed by atoms with Crippen molar-refractivity contribution in [1.82, 2.24) is 5.32 Å². The summed E-state index contributed by atoms with van der Waals surface area (Å²) in [4.78, 5) is 0. The van der Waals surface area contributed by atoms with Crippen molar-refractivity contribution >= 4 is 10.5 Å². The molecule has 1 aliphatic heterocycles. The molecular formula is C4H11NOSi. The van der Waals surface area contributed by atoms with Crippen LogP contribution >= 0.6 is 0 Å². The van der Waals surface area contributed by atoms with Crippen LogP contribution in [0.25, 0.3) is 0 Å². The lowest BCUT2D eigenvalue weighted by atomic mass is 10.3. The van der Waals surface area contributed by atoms with Crippen LogP contribution in [0.4, 0.5) is 0 Å². The Morgan fingerprint density at radius 3 is 2.86 bits per heavy atom. The second-order valence-electron chi connectivity index (χ2n) is 1.85. The van der Waals surface area contributed by atoms with E-state index in [2.05, 4.69) is 5.32 Å². The van der Waals surface area contributed by atoms with Gasteiger partial charge in [-0.3, -0.25) is 0 Å². The van der Waals surface area contributed by atoms with Crippen LogP contribution in [-0.4, -0.2) is 29.7 Å². The molecule has 1 aliphatic rings. The van der Waals surface area contributed by atoms with Gasteiger partial charge in [0.05, 0.1) is 6.10 Å². The molecule has 1 heterocycles. The van der Waals surface area contributed by atoms with Crippen molar-refractivity contribution in [3.05, 3.63) is 0 Å². The molecule has 1 fully saturated rings. The first-order chi connectivity index (χ1) is 3.43. The summed E-state index contributed by atoms with van der Waals surface area (Å²) in [7, 11) is 0.892. The predicted molar refractivity (Wildman–Crippen MR) is 32.3 cm³/mol. The highest BCUT2D eigenvalue weighted by Gasteiger charge is 2.10. The van der Waals surface area contributed by atoms with Crippen molar-refractivity contribution in [1.29, 1.82) is 0 Å². The standard InChI is InChI=1S/C4H11NOSi/c7-6-4-1-2-5-3-4/h4-5H,1-3H2,7H3/t4-/m0/s1. The lowest BCUT2D eigenvalue weighted by Gasteiger charge is -2.02. The van der Waals surface area contributed by atoms with Crippen LogP contribution in [0.1, 0.15) is 6.42 Å². The fourth-order valence-corrected chi connectivity index (χ4v) is 1.23. The van der Waals surface area contributed by atoms with Crippen molar-refractivity contribution in [3.8, 4) is 0 Å². The fraction of sp³-hybridized carbons (Fsp3) is 1.00. The molecule has 2 nitrogen and oxygen atoms in total. The molecule has 1 N–H and O–H groups in total. The maximum absolute atomic E-state index is 5.19. The number of nitrogens with one attached hydrogen (secondary N) is 1. The van der Waals surface area contributed by atoms with Gasteiger partial charge in [-0.25, -0.2) is 0 Å². The van der Waals surface area contributed by atoms with Crippen LogP contribution in [-0.2, 0) is 4.43 Å². The zero-order chi connectivity index (χ0) is 5.11. The highest BCUT2D eigenvalue weighted by molar-refractivity contribution is 5.98. The van der Waals surface area contributed by atoms with Gasteiger partial charge < -0.3 is 9.74 Å². The van der Waals surface area contributed by atoms with Crippen molar-refractivity contribution in [2.45, 2.75) is 12.5 Å². The highest BCUT2D eigenvalue weighted by Crippen LogP contribution is 1.98. The minimum absolute atomic E-state index is 0.548. The van der Waals surface area contributed by atoms with E-state index in [9.17, 15) is 0 Å². The Bertz CT molecular complexity index is 53.7. The molecule has 0 spiro atoms. The Morgan fingerprint density at radius 2 is 2.57 bits per heavy atom. The molecule has 0 bridgehead atoms. The third kappa shape index (κ3) is 1.26. The van der Waals surface area contributed by atoms with E-state index in [1.807, 2.05) is 0 Å². The molecule has 0 amide bonds.